The van der Waals surface area contributed by atoms with Gasteiger partial charge in [0.1, 0.15) is 6.61 Å². The summed E-state index contributed by atoms with van der Waals surface area (Å²) in [5.74, 6) is 0.321. The Balaban J connectivity index is 2.75. The second kappa shape index (κ2) is 3.82. The van der Waals surface area contributed by atoms with E-state index in [0.29, 0.717) is 11.4 Å². The van der Waals surface area contributed by atoms with Crippen LogP contribution in [0.3, 0.4) is 0 Å². The molecule has 66 valence electrons. The van der Waals surface area contributed by atoms with Gasteiger partial charge in [0, 0.05) is 11.8 Å². The molecule has 0 aliphatic carbocycles. The molecular formula is C8H11NO3. The number of aliphatic hydroxyl groups excluding tert-OH is 1. The first-order valence-electron chi connectivity index (χ1n) is 3.56. The molecule has 0 heterocycles. The minimum atomic E-state index is -0.0890. The lowest BCUT2D eigenvalue weighted by atomic mass is 10.3. The Morgan fingerprint density at radius 2 is 2.17 bits per heavy atom. The van der Waals surface area contributed by atoms with Crippen LogP contribution >= 0.6 is 0 Å². The SMILES string of the molecule is Nc1ccc(O)c(OCCO)c1. The lowest BCUT2D eigenvalue weighted by Crippen LogP contribution is -2.02. The molecule has 0 saturated carbocycles. The van der Waals surface area contributed by atoms with Crippen LogP contribution in [-0.2, 0) is 0 Å². The fraction of sp³-hybridized carbons (Fsp3) is 0.250. The molecule has 0 radical (unpaired) electrons. The number of hydrogen-bond acceptors (Lipinski definition) is 4. The minimum absolute atomic E-state index is 0.0256. The van der Waals surface area contributed by atoms with Crippen molar-refractivity contribution in [3.63, 3.8) is 0 Å². The maximum Gasteiger partial charge on any atom is 0.163 e. The van der Waals surface area contributed by atoms with Crippen LogP contribution in [0.4, 0.5) is 5.69 Å². The van der Waals surface area contributed by atoms with Gasteiger partial charge in [0.25, 0.3) is 0 Å². The molecule has 0 aliphatic rings. The highest BCUT2D eigenvalue weighted by Gasteiger charge is 2.01. The number of nitrogens with two attached hydrogens (primary N) is 1. The van der Waals surface area contributed by atoms with Gasteiger partial charge in [-0.05, 0) is 12.1 Å². The summed E-state index contributed by atoms with van der Waals surface area (Å²) < 4.78 is 4.99. The Kier molecular flexibility index (Phi) is 2.76. The fourth-order valence-electron chi connectivity index (χ4n) is 0.802. The van der Waals surface area contributed by atoms with E-state index >= 15 is 0 Å². The van der Waals surface area contributed by atoms with Crippen molar-refractivity contribution in [2.45, 2.75) is 0 Å². The average Bonchev–Trinajstić information content (AvgIpc) is 2.07. The third-order valence-electron chi connectivity index (χ3n) is 1.33. The molecule has 0 fully saturated rings. The maximum atomic E-state index is 9.20. The second-order valence-corrected chi connectivity index (χ2v) is 2.30. The van der Waals surface area contributed by atoms with Gasteiger partial charge >= 0.3 is 0 Å². The van der Waals surface area contributed by atoms with E-state index in [0.717, 1.165) is 0 Å². The van der Waals surface area contributed by atoms with Crippen LogP contribution in [0.1, 0.15) is 0 Å². The van der Waals surface area contributed by atoms with Gasteiger partial charge in [-0.15, -0.1) is 0 Å². The molecule has 12 heavy (non-hydrogen) atoms. The van der Waals surface area contributed by atoms with Gasteiger partial charge in [-0.3, -0.25) is 0 Å². The highest BCUT2D eigenvalue weighted by atomic mass is 16.5. The molecule has 0 aromatic heterocycles. The molecule has 4 nitrogen and oxygen atoms in total. The van der Waals surface area contributed by atoms with Crippen LogP contribution in [0.15, 0.2) is 18.2 Å². The minimum Gasteiger partial charge on any atom is -0.504 e. The number of aliphatic hydroxyl groups is 1. The number of nitrogen functional groups attached to an aromatic ring is 1. The smallest absolute Gasteiger partial charge is 0.163 e. The molecule has 0 spiro atoms. The fourth-order valence-corrected chi connectivity index (χ4v) is 0.802. The summed E-state index contributed by atoms with van der Waals surface area (Å²) in [6.07, 6.45) is 0. The average molecular weight is 169 g/mol. The van der Waals surface area contributed by atoms with Crippen LogP contribution in [0.5, 0.6) is 11.5 Å². The van der Waals surface area contributed by atoms with E-state index in [4.69, 9.17) is 15.6 Å². The molecule has 4 N–H and O–H groups in total. The molecule has 0 aliphatic heterocycles. The van der Waals surface area contributed by atoms with Crippen LogP contribution < -0.4 is 10.5 Å². The highest BCUT2D eigenvalue weighted by molar-refractivity contribution is 5.51. The van der Waals surface area contributed by atoms with E-state index in [-0.39, 0.29) is 19.0 Å². The summed E-state index contributed by atoms with van der Waals surface area (Å²) >= 11 is 0. The molecular weight excluding hydrogens is 158 g/mol. The van der Waals surface area contributed by atoms with E-state index in [2.05, 4.69) is 0 Å². The molecule has 1 aromatic carbocycles. The normalized spacial score (nSPS) is 9.75. The zero-order valence-electron chi connectivity index (χ0n) is 6.53. The Morgan fingerprint density at radius 1 is 1.42 bits per heavy atom. The number of phenols is 1. The predicted molar refractivity (Wildman–Crippen MR) is 45.1 cm³/mol. The molecule has 0 amide bonds. The van der Waals surface area contributed by atoms with Crippen molar-refractivity contribution < 1.29 is 14.9 Å². The summed E-state index contributed by atoms with van der Waals surface area (Å²) in [7, 11) is 0. The van der Waals surface area contributed by atoms with E-state index in [1.165, 1.54) is 12.1 Å². The van der Waals surface area contributed by atoms with Crippen molar-refractivity contribution >= 4 is 5.69 Å². The molecule has 4 heteroatoms. The summed E-state index contributed by atoms with van der Waals surface area (Å²) in [4.78, 5) is 0. The third kappa shape index (κ3) is 2.03. The number of anilines is 1. The van der Waals surface area contributed by atoms with E-state index < -0.39 is 0 Å². The quantitative estimate of drug-likeness (QED) is 0.450. The van der Waals surface area contributed by atoms with E-state index in [1.807, 2.05) is 0 Å². The topological polar surface area (TPSA) is 75.7 Å². The largest absolute Gasteiger partial charge is 0.504 e. The first kappa shape index (κ1) is 8.67. The van der Waals surface area contributed by atoms with Gasteiger partial charge in [-0.1, -0.05) is 0 Å². The monoisotopic (exact) mass is 169 g/mol. The summed E-state index contributed by atoms with van der Waals surface area (Å²) in [6.45, 7) is 0.0608. The van der Waals surface area contributed by atoms with Crippen molar-refractivity contribution in [3.05, 3.63) is 18.2 Å². The molecule has 1 aromatic rings. The van der Waals surface area contributed by atoms with Crippen LogP contribution in [0.2, 0.25) is 0 Å². The van der Waals surface area contributed by atoms with Crippen LogP contribution in [0, 0.1) is 0 Å². The Hall–Kier alpha value is -1.42. The Bertz CT molecular complexity index is 262. The first-order chi connectivity index (χ1) is 5.74. The van der Waals surface area contributed by atoms with Crippen LogP contribution in [0.25, 0.3) is 0 Å². The van der Waals surface area contributed by atoms with E-state index in [9.17, 15) is 5.11 Å². The van der Waals surface area contributed by atoms with Gasteiger partial charge in [-0.25, -0.2) is 0 Å². The van der Waals surface area contributed by atoms with E-state index in [1.54, 1.807) is 6.07 Å². The standard InChI is InChI=1S/C8H11NO3/c9-6-1-2-7(11)8(5-6)12-4-3-10/h1-2,5,10-11H,3-4,9H2. The zero-order valence-corrected chi connectivity index (χ0v) is 6.53. The van der Waals surface area contributed by atoms with Crippen LogP contribution in [-0.4, -0.2) is 23.4 Å². The van der Waals surface area contributed by atoms with Gasteiger partial charge in [0.2, 0.25) is 0 Å². The van der Waals surface area contributed by atoms with Gasteiger partial charge in [-0.2, -0.15) is 0 Å². The molecule has 0 unspecified atom stereocenters. The number of ether oxygens (including phenoxy) is 1. The lowest BCUT2D eigenvalue weighted by molar-refractivity contribution is 0.197. The summed E-state index contributed by atoms with van der Waals surface area (Å²) in [5, 5.41) is 17.6. The predicted octanol–water partition coefficient (Wildman–Crippen LogP) is 0.346. The molecule has 0 bridgehead atoms. The molecule has 0 atom stereocenters. The number of hydrogen-bond donors (Lipinski definition) is 3. The third-order valence-corrected chi connectivity index (χ3v) is 1.33. The van der Waals surface area contributed by atoms with Crippen molar-refractivity contribution in [2.24, 2.45) is 0 Å². The number of aromatic hydroxyl groups is 1. The number of rotatable bonds is 3. The van der Waals surface area contributed by atoms with Gasteiger partial charge in [0.15, 0.2) is 11.5 Å². The number of benzene rings is 1. The highest BCUT2D eigenvalue weighted by Crippen LogP contribution is 2.27. The summed E-state index contributed by atoms with van der Waals surface area (Å²) in [6, 6.07) is 4.52. The Labute approximate surface area is 70.2 Å². The zero-order chi connectivity index (χ0) is 8.97. The van der Waals surface area contributed by atoms with Gasteiger partial charge < -0.3 is 20.7 Å². The van der Waals surface area contributed by atoms with Crippen molar-refractivity contribution in [1.82, 2.24) is 0 Å². The molecule has 0 saturated heterocycles. The van der Waals surface area contributed by atoms with Crippen molar-refractivity contribution in [1.29, 1.82) is 0 Å². The maximum absolute atomic E-state index is 9.20. The molecule has 1 rings (SSSR count). The second-order valence-electron chi connectivity index (χ2n) is 2.30. The Morgan fingerprint density at radius 3 is 2.83 bits per heavy atom. The summed E-state index contributed by atoms with van der Waals surface area (Å²) in [5.41, 5.74) is 5.96. The first-order valence-corrected chi connectivity index (χ1v) is 3.56. The lowest BCUT2D eigenvalue weighted by Gasteiger charge is -2.06. The number of phenolic OH excluding ortho intramolecular Hbond substituents is 1. The van der Waals surface area contributed by atoms with Crippen molar-refractivity contribution in [2.75, 3.05) is 18.9 Å². The van der Waals surface area contributed by atoms with Crippen molar-refractivity contribution in [3.8, 4) is 11.5 Å². The van der Waals surface area contributed by atoms with Gasteiger partial charge in [0.05, 0.1) is 6.61 Å².